The van der Waals surface area contributed by atoms with E-state index < -0.39 is 0 Å². The Hall–Kier alpha value is -2.07. The van der Waals surface area contributed by atoms with Crippen LogP contribution in [0.25, 0.3) is 0 Å². The summed E-state index contributed by atoms with van der Waals surface area (Å²) >= 11 is 5.47. The maximum absolute atomic E-state index is 5.65. The molecule has 128 valence electrons. The molecular weight excluding hydrogens is 316 g/mol. The molecule has 0 amide bonds. The van der Waals surface area contributed by atoms with E-state index in [1.807, 2.05) is 38.1 Å². The van der Waals surface area contributed by atoms with Crippen LogP contribution in [0, 0.1) is 6.92 Å². The highest BCUT2D eigenvalue weighted by Gasteiger charge is 2.12. The summed E-state index contributed by atoms with van der Waals surface area (Å²) < 4.78 is 5.65. The highest BCUT2D eigenvalue weighted by molar-refractivity contribution is 7.80. The quantitative estimate of drug-likeness (QED) is 0.705. The van der Waals surface area contributed by atoms with Crippen molar-refractivity contribution in [2.24, 2.45) is 0 Å². The summed E-state index contributed by atoms with van der Waals surface area (Å²) in [6.07, 6.45) is 1.14. The van der Waals surface area contributed by atoms with Crippen LogP contribution in [0.15, 0.2) is 48.5 Å². The second-order valence-electron chi connectivity index (χ2n) is 6.11. The van der Waals surface area contributed by atoms with Crippen molar-refractivity contribution in [3.05, 3.63) is 59.7 Å². The molecule has 0 fully saturated rings. The summed E-state index contributed by atoms with van der Waals surface area (Å²) in [7, 11) is 0. The molecule has 4 heteroatoms. The minimum Gasteiger partial charge on any atom is -0.491 e. The smallest absolute Gasteiger partial charge is 0.171 e. The van der Waals surface area contributed by atoms with Gasteiger partial charge in [0.2, 0.25) is 0 Å². The molecule has 0 aliphatic carbocycles. The number of rotatable bonds is 6. The number of nitrogens with one attached hydrogen (secondary N) is 2. The van der Waals surface area contributed by atoms with Crippen LogP contribution in [0.5, 0.6) is 5.75 Å². The number of benzene rings is 2. The van der Waals surface area contributed by atoms with Gasteiger partial charge in [-0.1, -0.05) is 31.2 Å². The second-order valence-corrected chi connectivity index (χ2v) is 6.52. The van der Waals surface area contributed by atoms with E-state index in [0.29, 0.717) is 5.11 Å². The fraction of sp³-hybridized carbons (Fsp3) is 0.350. The van der Waals surface area contributed by atoms with Gasteiger partial charge in [-0.15, -0.1) is 0 Å². The van der Waals surface area contributed by atoms with E-state index in [0.717, 1.165) is 17.9 Å². The van der Waals surface area contributed by atoms with Crippen molar-refractivity contribution >= 4 is 23.0 Å². The minimum absolute atomic E-state index is 0.172. The third-order valence-corrected chi connectivity index (χ3v) is 3.98. The van der Waals surface area contributed by atoms with Crippen molar-refractivity contribution in [3.63, 3.8) is 0 Å². The van der Waals surface area contributed by atoms with E-state index >= 15 is 0 Å². The predicted octanol–water partition coefficient (Wildman–Crippen LogP) is 5.22. The Kier molecular flexibility index (Phi) is 6.62. The molecule has 0 heterocycles. The lowest BCUT2D eigenvalue weighted by molar-refractivity contribution is 0.242. The van der Waals surface area contributed by atoms with E-state index in [1.165, 1.54) is 11.1 Å². The fourth-order valence-corrected chi connectivity index (χ4v) is 2.85. The van der Waals surface area contributed by atoms with E-state index in [1.54, 1.807) is 0 Å². The van der Waals surface area contributed by atoms with Crippen LogP contribution in [0.2, 0.25) is 0 Å². The Morgan fingerprint density at radius 1 is 1.08 bits per heavy atom. The third-order valence-electron chi connectivity index (χ3n) is 3.76. The molecule has 0 aliphatic heterocycles. The Balaban J connectivity index is 1.98. The number of hydrogen-bond acceptors (Lipinski definition) is 2. The molecule has 2 aromatic rings. The van der Waals surface area contributed by atoms with Crippen LogP contribution in [-0.4, -0.2) is 11.2 Å². The molecule has 2 rings (SSSR count). The monoisotopic (exact) mass is 342 g/mol. The van der Waals surface area contributed by atoms with Gasteiger partial charge in [0, 0.05) is 5.69 Å². The molecule has 3 nitrogen and oxygen atoms in total. The van der Waals surface area contributed by atoms with Gasteiger partial charge in [-0.05, 0) is 74.8 Å². The Labute approximate surface area is 150 Å². The van der Waals surface area contributed by atoms with E-state index in [-0.39, 0.29) is 12.1 Å². The average molecular weight is 343 g/mol. The highest BCUT2D eigenvalue weighted by atomic mass is 32.1. The molecule has 2 aromatic carbocycles. The van der Waals surface area contributed by atoms with Crippen molar-refractivity contribution in [1.82, 2.24) is 5.32 Å². The topological polar surface area (TPSA) is 33.3 Å². The summed E-state index contributed by atoms with van der Waals surface area (Å²) in [5, 5.41) is 7.28. The van der Waals surface area contributed by atoms with Crippen molar-refractivity contribution in [2.75, 3.05) is 5.32 Å². The molecular formula is C20H26N2OS. The molecule has 0 saturated carbocycles. The highest BCUT2D eigenvalue weighted by Crippen LogP contribution is 2.21. The molecule has 24 heavy (non-hydrogen) atoms. The lowest BCUT2D eigenvalue weighted by atomic mass is 10.00. The number of hydrogen-bond donors (Lipinski definition) is 2. The van der Waals surface area contributed by atoms with E-state index in [9.17, 15) is 0 Å². The minimum atomic E-state index is 0.172. The number of ether oxygens (including phenoxy) is 1. The summed E-state index contributed by atoms with van der Waals surface area (Å²) in [5.41, 5.74) is 3.50. The first-order chi connectivity index (χ1) is 11.5. The molecule has 0 bridgehead atoms. The van der Waals surface area contributed by atoms with Crippen LogP contribution < -0.4 is 15.4 Å². The van der Waals surface area contributed by atoms with Crippen LogP contribution in [-0.2, 0) is 0 Å². The molecule has 1 unspecified atom stereocenters. The van der Waals surface area contributed by atoms with Gasteiger partial charge in [0.05, 0.1) is 12.1 Å². The van der Waals surface area contributed by atoms with Crippen LogP contribution in [0.4, 0.5) is 5.69 Å². The van der Waals surface area contributed by atoms with Gasteiger partial charge in [0.25, 0.3) is 0 Å². The second kappa shape index (κ2) is 8.69. The zero-order chi connectivity index (χ0) is 17.5. The first-order valence-corrected chi connectivity index (χ1v) is 8.80. The molecule has 1 atom stereocenters. The number of thiocarbonyl (C=S) groups is 1. The first kappa shape index (κ1) is 18.3. The van der Waals surface area contributed by atoms with Crippen molar-refractivity contribution in [1.29, 1.82) is 0 Å². The number of anilines is 1. The summed E-state index contributed by atoms with van der Waals surface area (Å²) in [4.78, 5) is 0. The van der Waals surface area contributed by atoms with E-state index in [2.05, 4.69) is 48.7 Å². The van der Waals surface area contributed by atoms with E-state index in [4.69, 9.17) is 17.0 Å². The number of aryl methyl sites for hydroxylation is 1. The summed E-state index contributed by atoms with van der Waals surface area (Å²) in [5.74, 6) is 0.862. The van der Waals surface area contributed by atoms with Crippen molar-refractivity contribution < 1.29 is 4.74 Å². The SMILES string of the molecule is CCC(NC(=S)Nc1ccc(OC(C)C)cc1)c1ccccc1C. The Bertz CT molecular complexity index is 668. The lowest BCUT2D eigenvalue weighted by Crippen LogP contribution is -2.32. The molecule has 0 aliphatic rings. The molecule has 2 N–H and O–H groups in total. The fourth-order valence-electron chi connectivity index (χ4n) is 2.59. The van der Waals surface area contributed by atoms with Crippen LogP contribution in [0.3, 0.4) is 0 Å². The van der Waals surface area contributed by atoms with Crippen molar-refractivity contribution in [2.45, 2.75) is 46.3 Å². The van der Waals surface area contributed by atoms with Crippen molar-refractivity contribution in [3.8, 4) is 5.75 Å². The average Bonchev–Trinajstić information content (AvgIpc) is 2.55. The molecule has 0 aromatic heterocycles. The lowest BCUT2D eigenvalue weighted by Gasteiger charge is -2.21. The predicted molar refractivity (Wildman–Crippen MR) is 106 cm³/mol. The van der Waals surface area contributed by atoms with Gasteiger partial charge in [-0.2, -0.15) is 0 Å². The van der Waals surface area contributed by atoms with Gasteiger partial charge >= 0.3 is 0 Å². The van der Waals surface area contributed by atoms with Gasteiger partial charge in [-0.3, -0.25) is 0 Å². The maximum Gasteiger partial charge on any atom is 0.171 e. The van der Waals surface area contributed by atoms with Crippen LogP contribution >= 0.6 is 12.2 Å². The first-order valence-electron chi connectivity index (χ1n) is 8.39. The largest absolute Gasteiger partial charge is 0.491 e. The summed E-state index contributed by atoms with van der Waals surface area (Å²) in [6, 6.07) is 16.4. The molecule has 0 radical (unpaired) electrons. The Morgan fingerprint density at radius 2 is 1.75 bits per heavy atom. The summed E-state index contributed by atoms with van der Waals surface area (Å²) in [6.45, 7) is 8.32. The van der Waals surface area contributed by atoms with Crippen LogP contribution in [0.1, 0.15) is 44.4 Å². The normalized spacial score (nSPS) is 11.9. The zero-order valence-electron chi connectivity index (χ0n) is 14.8. The van der Waals surface area contributed by atoms with Gasteiger partial charge < -0.3 is 15.4 Å². The van der Waals surface area contributed by atoms with Gasteiger partial charge in [-0.25, -0.2) is 0 Å². The third kappa shape index (κ3) is 5.24. The molecule has 0 spiro atoms. The Morgan fingerprint density at radius 3 is 2.33 bits per heavy atom. The zero-order valence-corrected chi connectivity index (χ0v) is 15.6. The van der Waals surface area contributed by atoms with Gasteiger partial charge in [0.1, 0.15) is 5.75 Å². The molecule has 0 saturated heterocycles. The standard InChI is InChI=1S/C20H26N2OS/c1-5-19(18-9-7-6-8-15(18)4)22-20(24)21-16-10-12-17(13-11-16)23-14(2)3/h6-14,19H,5H2,1-4H3,(H2,21,22,24). The maximum atomic E-state index is 5.65. The van der Waals surface area contributed by atoms with Gasteiger partial charge in [0.15, 0.2) is 5.11 Å².